The quantitative estimate of drug-likeness (QED) is 0.381. The van der Waals surface area contributed by atoms with Gasteiger partial charge in [-0.2, -0.15) is 0 Å². The number of aromatic nitrogens is 3. The Morgan fingerprint density at radius 2 is 2.14 bits per heavy atom. The third kappa shape index (κ3) is 6.60. The molecule has 2 N–H and O–H groups in total. The van der Waals surface area contributed by atoms with Gasteiger partial charge in [0.05, 0.1) is 12.6 Å². The number of hydrogen-bond donors (Lipinski definition) is 2. The SMILES string of the molecule is Cc1nnc(CN=C(NCCCOC2CCCCC2)NCc2cccs2)n1C. The van der Waals surface area contributed by atoms with Crippen molar-refractivity contribution in [2.75, 3.05) is 13.2 Å². The first-order valence-electron chi connectivity index (χ1n) is 10.2. The maximum Gasteiger partial charge on any atom is 0.192 e. The topological polar surface area (TPSA) is 76.4 Å². The summed E-state index contributed by atoms with van der Waals surface area (Å²) in [6, 6.07) is 4.19. The van der Waals surface area contributed by atoms with E-state index in [4.69, 9.17) is 4.74 Å². The van der Waals surface area contributed by atoms with Gasteiger partial charge in [-0.05, 0) is 37.6 Å². The number of thiophene rings is 1. The van der Waals surface area contributed by atoms with Gasteiger partial charge < -0.3 is 19.9 Å². The van der Waals surface area contributed by atoms with E-state index in [0.717, 1.165) is 43.7 Å². The lowest BCUT2D eigenvalue weighted by Gasteiger charge is -2.22. The first-order valence-corrected chi connectivity index (χ1v) is 11.1. The smallest absolute Gasteiger partial charge is 0.192 e. The fourth-order valence-corrected chi connectivity index (χ4v) is 3.90. The van der Waals surface area contributed by atoms with Gasteiger partial charge in [-0.25, -0.2) is 4.99 Å². The van der Waals surface area contributed by atoms with E-state index in [9.17, 15) is 0 Å². The Balaban J connectivity index is 1.45. The lowest BCUT2D eigenvalue weighted by Crippen LogP contribution is -2.37. The van der Waals surface area contributed by atoms with Crippen LogP contribution in [0.2, 0.25) is 0 Å². The van der Waals surface area contributed by atoms with Gasteiger partial charge in [0, 0.05) is 25.1 Å². The van der Waals surface area contributed by atoms with Gasteiger partial charge in [-0.3, -0.25) is 0 Å². The average Bonchev–Trinajstić information content (AvgIpc) is 3.35. The molecule has 2 heterocycles. The van der Waals surface area contributed by atoms with Gasteiger partial charge in [0.1, 0.15) is 12.4 Å². The Bertz CT molecular complexity index is 721. The number of nitrogens with zero attached hydrogens (tertiary/aromatic N) is 4. The standard InChI is InChI=1S/C20H32N6OS/c1-16-24-25-19(26(16)2)15-23-20(22-14-18-10-6-13-28-18)21-11-7-12-27-17-8-4-3-5-9-17/h6,10,13,17H,3-5,7-9,11-12,14-15H2,1-2H3,(H2,21,22,23). The van der Waals surface area contributed by atoms with E-state index in [2.05, 4.69) is 43.3 Å². The minimum atomic E-state index is 0.470. The van der Waals surface area contributed by atoms with Gasteiger partial charge in [0.15, 0.2) is 11.8 Å². The molecular weight excluding hydrogens is 372 g/mol. The summed E-state index contributed by atoms with van der Waals surface area (Å²) in [5, 5.41) is 17.2. The molecule has 1 saturated carbocycles. The fraction of sp³-hybridized carbons (Fsp3) is 0.650. The molecule has 7 nitrogen and oxygen atoms in total. The van der Waals surface area contributed by atoms with Crippen LogP contribution in [0.5, 0.6) is 0 Å². The van der Waals surface area contributed by atoms with E-state index in [0.29, 0.717) is 12.6 Å². The summed E-state index contributed by atoms with van der Waals surface area (Å²) < 4.78 is 7.98. The third-order valence-electron chi connectivity index (χ3n) is 5.09. The molecule has 0 radical (unpaired) electrons. The van der Waals surface area contributed by atoms with Crippen molar-refractivity contribution in [1.82, 2.24) is 25.4 Å². The number of guanidine groups is 1. The summed E-state index contributed by atoms with van der Waals surface area (Å²) in [5.41, 5.74) is 0. The van der Waals surface area contributed by atoms with E-state index in [1.807, 2.05) is 18.5 Å². The summed E-state index contributed by atoms with van der Waals surface area (Å²) in [6.07, 6.45) is 7.88. The maximum atomic E-state index is 6.01. The predicted molar refractivity (Wildman–Crippen MR) is 113 cm³/mol. The highest BCUT2D eigenvalue weighted by molar-refractivity contribution is 7.09. The van der Waals surface area contributed by atoms with Crippen LogP contribution in [-0.2, 0) is 24.9 Å². The van der Waals surface area contributed by atoms with Crippen molar-refractivity contribution in [2.45, 2.75) is 64.6 Å². The molecule has 1 aliphatic rings. The molecule has 2 aromatic heterocycles. The highest BCUT2D eigenvalue weighted by atomic mass is 32.1. The molecule has 0 amide bonds. The first-order chi connectivity index (χ1) is 13.7. The first kappa shape index (κ1) is 20.8. The molecule has 1 aliphatic carbocycles. The second-order valence-electron chi connectivity index (χ2n) is 7.23. The highest BCUT2D eigenvalue weighted by Gasteiger charge is 2.13. The van der Waals surface area contributed by atoms with Crippen LogP contribution >= 0.6 is 11.3 Å². The van der Waals surface area contributed by atoms with Crippen LogP contribution in [0.4, 0.5) is 0 Å². The molecule has 0 aliphatic heterocycles. The molecule has 0 aromatic carbocycles. The zero-order chi connectivity index (χ0) is 19.6. The minimum absolute atomic E-state index is 0.470. The monoisotopic (exact) mass is 404 g/mol. The molecule has 2 aromatic rings. The van der Waals surface area contributed by atoms with E-state index in [1.54, 1.807) is 11.3 Å². The van der Waals surface area contributed by atoms with Crippen LogP contribution in [0, 0.1) is 6.92 Å². The van der Waals surface area contributed by atoms with Crippen molar-refractivity contribution in [1.29, 1.82) is 0 Å². The van der Waals surface area contributed by atoms with Gasteiger partial charge in [0.2, 0.25) is 0 Å². The molecule has 8 heteroatoms. The summed E-state index contributed by atoms with van der Waals surface area (Å²) in [4.78, 5) is 5.97. The van der Waals surface area contributed by atoms with Gasteiger partial charge in [0.25, 0.3) is 0 Å². The number of rotatable bonds is 9. The molecule has 0 unspecified atom stereocenters. The van der Waals surface area contributed by atoms with E-state index in [1.165, 1.54) is 37.0 Å². The van der Waals surface area contributed by atoms with Crippen molar-refractivity contribution in [3.8, 4) is 0 Å². The lowest BCUT2D eigenvalue weighted by molar-refractivity contribution is 0.0277. The number of ether oxygens (including phenoxy) is 1. The molecule has 0 bridgehead atoms. The number of aliphatic imine (C=N–C) groups is 1. The van der Waals surface area contributed by atoms with Gasteiger partial charge >= 0.3 is 0 Å². The Morgan fingerprint density at radius 3 is 2.86 bits per heavy atom. The highest BCUT2D eigenvalue weighted by Crippen LogP contribution is 2.20. The number of hydrogen-bond acceptors (Lipinski definition) is 5. The molecular formula is C20H32N6OS. The van der Waals surface area contributed by atoms with Crippen LogP contribution < -0.4 is 10.6 Å². The van der Waals surface area contributed by atoms with Crippen molar-refractivity contribution >= 4 is 17.3 Å². The van der Waals surface area contributed by atoms with Crippen LogP contribution in [-0.4, -0.2) is 40.0 Å². The third-order valence-corrected chi connectivity index (χ3v) is 5.97. The molecule has 0 atom stereocenters. The van der Waals surface area contributed by atoms with Crippen molar-refractivity contribution in [3.05, 3.63) is 34.0 Å². The largest absolute Gasteiger partial charge is 0.378 e. The minimum Gasteiger partial charge on any atom is -0.378 e. The normalized spacial score (nSPS) is 15.7. The van der Waals surface area contributed by atoms with Crippen LogP contribution in [0.25, 0.3) is 0 Å². The van der Waals surface area contributed by atoms with Crippen LogP contribution in [0.1, 0.15) is 55.1 Å². The zero-order valence-corrected chi connectivity index (χ0v) is 17.8. The maximum absolute atomic E-state index is 6.01. The molecule has 0 spiro atoms. The second kappa shape index (κ2) is 11.2. The summed E-state index contributed by atoms with van der Waals surface area (Å²) in [7, 11) is 1.97. The number of aryl methyl sites for hydroxylation is 1. The fourth-order valence-electron chi connectivity index (χ4n) is 3.26. The Hall–Kier alpha value is -1.93. The molecule has 28 heavy (non-hydrogen) atoms. The lowest BCUT2D eigenvalue weighted by atomic mass is 9.98. The zero-order valence-electron chi connectivity index (χ0n) is 17.0. The van der Waals surface area contributed by atoms with Crippen molar-refractivity contribution in [2.24, 2.45) is 12.0 Å². The molecule has 1 fully saturated rings. The summed E-state index contributed by atoms with van der Waals surface area (Å²) in [6.45, 7) is 4.84. The number of nitrogens with one attached hydrogen (secondary N) is 2. The molecule has 0 saturated heterocycles. The molecule has 154 valence electrons. The van der Waals surface area contributed by atoms with E-state index < -0.39 is 0 Å². The van der Waals surface area contributed by atoms with E-state index >= 15 is 0 Å². The summed E-state index contributed by atoms with van der Waals surface area (Å²) in [5.74, 6) is 2.55. The van der Waals surface area contributed by atoms with Gasteiger partial charge in [-0.1, -0.05) is 25.3 Å². The second-order valence-corrected chi connectivity index (χ2v) is 8.26. The Labute approximate surface area is 171 Å². The van der Waals surface area contributed by atoms with Crippen molar-refractivity contribution in [3.63, 3.8) is 0 Å². The van der Waals surface area contributed by atoms with Crippen LogP contribution in [0.3, 0.4) is 0 Å². The summed E-state index contributed by atoms with van der Waals surface area (Å²) >= 11 is 1.74. The Morgan fingerprint density at radius 1 is 1.29 bits per heavy atom. The molecule has 3 rings (SSSR count). The average molecular weight is 405 g/mol. The van der Waals surface area contributed by atoms with E-state index in [-0.39, 0.29) is 0 Å². The van der Waals surface area contributed by atoms with Gasteiger partial charge in [-0.15, -0.1) is 21.5 Å². The van der Waals surface area contributed by atoms with Crippen LogP contribution in [0.15, 0.2) is 22.5 Å². The predicted octanol–water partition coefficient (Wildman–Crippen LogP) is 3.16. The Kier molecular flexibility index (Phi) is 8.29. The van der Waals surface area contributed by atoms with Crippen molar-refractivity contribution < 1.29 is 4.74 Å².